The van der Waals surface area contributed by atoms with Gasteiger partial charge in [-0.1, -0.05) is 19.9 Å². The Bertz CT molecular complexity index is 1020. The zero-order valence-corrected chi connectivity index (χ0v) is 18.3. The lowest BCUT2D eigenvalue weighted by atomic mass is 10.0. The number of likely N-dealkylation sites (tertiary alicyclic amines) is 1. The van der Waals surface area contributed by atoms with Gasteiger partial charge in [0.25, 0.3) is 5.91 Å². The Morgan fingerprint density at radius 1 is 1.42 bits per heavy atom. The van der Waals surface area contributed by atoms with Crippen LogP contribution in [0.2, 0.25) is 0 Å². The molecule has 0 saturated carbocycles. The Kier molecular flexibility index (Phi) is 6.64. The van der Waals surface area contributed by atoms with Crippen molar-refractivity contribution in [3.63, 3.8) is 0 Å². The number of rotatable bonds is 7. The van der Waals surface area contributed by atoms with Crippen LogP contribution in [-0.2, 0) is 9.59 Å². The van der Waals surface area contributed by atoms with Gasteiger partial charge in [0.05, 0.1) is 13.2 Å². The normalized spacial score (nSPS) is 19.3. The number of carbonyl (C=O) groups excluding carboxylic acids is 3. The first-order valence-electron chi connectivity index (χ1n) is 10.4. The van der Waals surface area contributed by atoms with E-state index in [1.165, 1.54) is 9.80 Å². The number of nitrogens with zero attached hydrogens (tertiary/aromatic N) is 3. The predicted octanol–water partition coefficient (Wildman–Crippen LogP) is 2.60. The van der Waals surface area contributed by atoms with Crippen LogP contribution in [0.5, 0.6) is 5.75 Å². The summed E-state index contributed by atoms with van der Waals surface area (Å²) in [4.78, 5) is 43.9. The molecule has 0 bridgehead atoms. The zero-order chi connectivity index (χ0) is 22.7. The van der Waals surface area contributed by atoms with Crippen LogP contribution < -0.4 is 4.74 Å². The first kappa shape index (κ1) is 22.3. The van der Waals surface area contributed by atoms with Crippen LogP contribution >= 0.6 is 0 Å². The Morgan fingerprint density at radius 2 is 2.16 bits per heavy atom. The van der Waals surface area contributed by atoms with E-state index in [2.05, 4.69) is 11.1 Å². The highest BCUT2D eigenvalue weighted by Gasteiger charge is 2.40. The summed E-state index contributed by atoms with van der Waals surface area (Å²) in [5, 5.41) is 10.2. The number of H-pyrrole nitrogens is 1. The van der Waals surface area contributed by atoms with Crippen LogP contribution in [0.25, 0.3) is 10.9 Å². The molecule has 1 fully saturated rings. The maximum Gasteiger partial charge on any atom is 0.270 e. The molecule has 1 aromatic carbocycles. The van der Waals surface area contributed by atoms with E-state index in [0.29, 0.717) is 24.3 Å². The zero-order valence-electron chi connectivity index (χ0n) is 18.3. The summed E-state index contributed by atoms with van der Waals surface area (Å²) >= 11 is 0. The molecular formula is C23H28N4O4. The summed E-state index contributed by atoms with van der Waals surface area (Å²) in [5.41, 5.74) is 1.12. The Balaban J connectivity index is 1.90. The number of benzene rings is 1. The van der Waals surface area contributed by atoms with E-state index >= 15 is 0 Å². The largest absolute Gasteiger partial charge is 0.496 e. The van der Waals surface area contributed by atoms with Crippen molar-refractivity contribution in [3.05, 3.63) is 30.0 Å². The molecule has 1 N–H and O–H groups in total. The molecule has 31 heavy (non-hydrogen) atoms. The highest BCUT2D eigenvalue weighted by atomic mass is 16.5. The quantitative estimate of drug-likeness (QED) is 0.688. The standard InChI is InChI=1S/C23H28N4O4/c1-14(2)8-20(23(30)27-12-15(13-28)9-16(27)11-24)26(3)22(29)19-10-17-18(25-19)6-5-7-21(17)31-4/h5-7,10,13-16,20,25H,8-9,12H2,1-4H3. The van der Waals surface area contributed by atoms with Gasteiger partial charge >= 0.3 is 0 Å². The first-order chi connectivity index (χ1) is 14.8. The van der Waals surface area contributed by atoms with Gasteiger partial charge < -0.3 is 24.3 Å². The minimum absolute atomic E-state index is 0.150. The van der Waals surface area contributed by atoms with Crippen LogP contribution in [0.4, 0.5) is 0 Å². The second kappa shape index (κ2) is 9.21. The van der Waals surface area contributed by atoms with Crippen LogP contribution in [0.15, 0.2) is 24.3 Å². The van der Waals surface area contributed by atoms with Gasteiger partial charge in [0, 0.05) is 30.4 Å². The average molecular weight is 425 g/mol. The molecule has 2 amide bonds. The van der Waals surface area contributed by atoms with Crippen LogP contribution in [-0.4, -0.2) is 65.7 Å². The molecule has 3 unspecified atom stereocenters. The van der Waals surface area contributed by atoms with Gasteiger partial charge in [-0.25, -0.2) is 0 Å². The smallest absolute Gasteiger partial charge is 0.270 e. The molecule has 0 radical (unpaired) electrons. The molecule has 0 spiro atoms. The van der Waals surface area contributed by atoms with E-state index in [-0.39, 0.29) is 30.2 Å². The second-order valence-corrected chi connectivity index (χ2v) is 8.43. The molecule has 8 heteroatoms. The number of nitriles is 1. The number of hydrogen-bond acceptors (Lipinski definition) is 5. The second-order valence-electron chi connectivity index (χ2n) is 8.43. The van der Waals surface area contributed by atoms with Crippen molar-refractivity contribution in [1.29, 1.82) is 5.26 Å². The van der Waals surface area contributed by atoms with Crippen molar-refractivity contribution in [1.82, 2.24) is 14.8 Å². The molecule has 3 rings (SSSR count). The van der Waals surface area contributed by atoms with Crippen molar-refractivity contribution in [2.75, 3.05) is 20.7 Å². The average Bonchev–Trinajstić information content (AvgIpc) is 3.39. The van der Waals surface area contributed by atoms with E-state index in [4.69, 9.17) is 4.74 Å². The monoisotopic (exact) mass is 424 g/mol. The number of likely N-dealkylation sites (N-methyl/N-ethyl adjacent to an activating group) is 1. The Morgan fingerprint density at radius 3 is 2.77 bits per heavy atom. The van der Waals surface area contributed by atoms with Gasteiger partial charge in [-0.3, -0.25) is 9.59 Å². The summed E-state index contributed by atoms with van der Waals surface area (Å²) in [7, 11) is 3.17. The minimum Gasteiger partial charge on any atom is -0.496 e. The van der Waals surface area contributed by atoms with Crippen LogP contribution in [0.1, 0.15) is 37.2 Å². The predicted molar refractivity (Wildman–Crippen MR) is 115 cm³/mol. The van der Waals surface area contributed by atoms with E-state index in [1.807, 2.05) is 32.0 Å². The number of methoxy groups -OCH3 is 1. The lowest BCUT2D eigenvalue weighted by molar-refractivity contribution is -0.136. The maximum absolute atomic E-state index is 13.4. The molecule has 8 nitrogen and oxygen atoms in total. The van der Waals surface area contributed by atoms with Gasteiger partial charge in [-0.05, 0) is 37.0 Å². The summed E-state index contributed by atoms with van der Waals surface area (Å²) < 4.78 is 5.37. The van der Waals surface area contributed by atoms with Crippen molar-refractivity contribution in [3.8, 4) is 11.8 Å². The molecule has 2 aromatic rings. The number of aromatic nitrogens is 1. The number of fused-ring (bicyclic) bond motifs is 1. The van der Waals surface area contributed by atoms with E-state index < -0.39 is 12.1 Å². The Labute approximate surface area is 181 Å². The molecule has 164 valence electrons. The van der Waals surface area contributed by atoms with E-state index in [9.17, 15) is 19.6 Å². The van der Waals surface area contributed by atoms with E-state index in [1.54, 1.807) is 20.2 Å². The SMILES string of the molecule is COc1cccc2[nH]c(C(=O)N(C)C(CC(C)C)C(=O)N3CC(C=O)CC3C#N)cc12. The topological polar surface area (TPSA) is 106 Å². The summed E-state index contributed by atoms with van der Waals surface area (Å²) in [6.07, 6.45) is 1.58. The summed E-state index contributed by atoms with van der Waals surface area (Å²) in [6, 6.07) is 7.96. The first-order valence-corrected chi connectivity index (χ1v) is 10.4. The summed E-state index contributed by atoms with van der Waals surface area (Å²) in [5.74, 6) is -0.169. The van der Waals surface area contributed by atoms with Crippen molar-refractivity contribution in [2.45, 2.75) is 38.8 Å². The van der Waals surface area contributed by atoms with Crippen LogP contribution in [0, 0.1) is 23.2 Å². The molecule has 3 atom stereocenters. The molecular weight excluding hydrogens is 396 g/mol. The molecule has 0 aliphatic carbocycles. The van der Waals surface area contributed by atoms with Gasteiger partial charge in [0.1, 0.15) is 29.8 Å². The van der Waals surface area contributed by atoms with Crippen molar-refractivity contribution in [2.24, 2.45) is 11.8 Å². The van der Waals surface area contributed by atoms with E-state index in [0.717, 1.165) is 17.2 Å². The molecule has 2 heterocycles. The van der Waals surface area contributed by atoms with Gasteiger partial charge in [0.2, 0.25) is 5.91 Å². The number of aromatic amines is 1. The number of nitrogens with one attached hydrogen (secondary N) is 1. The lowest BCUT2D eigenvalue weighted by Gasteiger charge is -2.32. The summed E-state index contributed by atoms with van der Waals surface area (Å²) in [6.45, 7) is 4.17. The van der Waals surface area contributed by atoms with Crippen LogP contribution in [0.3, 0.4) is 0 Å². The number of hydrogen-bond donors (Lipinski definition) is 1. The third kappa shape index (κ3) is 4.41. The molecule has 1 saturated heterocycles. The fourth-order valence-electron chi connectivity index (χ4n) is 4.15. The molecule has 1 aromatic heterocycles. The Hall–Kier alpha value is -3.34. The van der Waals surface area contributed by atoms with Gasteiger partial charge in [-0.2, -0.15) is 5.26 Å². The van der Waals surface area contributed by atoms with Gasteiger partial charge in [-0.15, -0.1) is 0 Å². The number of carbonyl (C=O) groups is 3. The molecule has 1 aliphatic rings. The van der Waals surface area contributed by atoms with Gasteiger partial charge in [0.15, 0.2) is 0 Å². The number of aldehydes is 1. The lowest BCUT2D eigenvalue weighted by Crippen LogP contribution is -2.51. The highest BCUT2D eigenvalue weighted by molar-refractivity contribution is 6.01. The van der Waals surface area contributed by atoms with Crippen molar-refractivity contribution < 1.29 is 19.1 Å². The maximum atomic E-state index is 13.4. The van der Waals surface area contributed by atoms with Crippen molar-refractivity contribution >= 4 is 29.0 Å². The third-order valence-corrected chi connectivity index (χ3v) is 5.80. The fourth-order valence-corrected chi connectivity index (χ4v) is 4.15. The number of amides is 2. The molecule has 1 aliphatic heterocycles. The number of ether oxygens (including phenoxy) is 1. The minimum atomic E-state index is -0.734. The fraction of sp³-hybridized carbons (Fsp3) is 0.478. The third-order valence-electron chi connectivity index (χ3n) is 5.80. The highest BCUT2D eigenvalue weighted by Crippen LogP contribution is 2.28.